The highest BCUT2D eigenvalue weighted by atomic mass is 35.5. The normalized spacial score (nSPS) is 20.4. The van der Waals surface area contributed by atoms with E-state index < -0.39 is 5.60 Å². The monoisotopic (exact) mass is 242 g/mol. The van der Waals surface area contributed by atoms with Crippen molar-refractivity contribution in [2.45, 2.75) is 36.7 Å². The third-order valence-corrected chi connectivity index (χ3v) is 4.08. The smallest absolute Gasteiger partial charge is 0.0597 e. The third-order valence-electron chi connectivity index (χ3n) is 2.60. The Morgan fingerprint density at radius 2 is 2.27 bits per heavy atom. The van der Waals surface area contributed by atoms with Crippen LogP contribution in [0.4, 0.5) is 0 Å². The van der Waals surface area contributed by atoms with Gasteiger partial charge in [-0.25, -0.2) is 0 Å². The van der Waals surface area contributed by atoms with Gasteiger partial charge in [0, 0.05) is 15.7 Å². The lowest BCUT2D eigenvalue weighted by molar-refractivity contribution is 0.0652. The zero-order valence-corrected chi connectivity index (χ0v) is 10.5. The molecular formula is C12H15ClOS. The lowest BCUT2D eigenvalue weighted by Gasteiger charge is -2.21. The van der Waals surface area contributed by atoms with Crippen LogP contribution in [0.5, 0.6) is 0 Å². The Kier molecular flexibility index (Phi) is 3.02. The SMILES string of the molecule is CC(C)(O)CC1CSc2ccc(Cl)cc21. The number of hydrogen-bond acceptors (Lipinski definition) is 2. The average Bonchev–Trinajstić information content (AvgIpc) is 2.46. The van der Waals surface area contributed by atoms with Gasteiger partial charge in [-0.15, -0.1) is 11.8 Å². The molecule has 1 heterocycles. The van der Waals surface area contributed by atoms with Gasteiger partial charge in [-0.05, 0) is 49.9 Å². The van der Waals surface area contributed by atoms with E-state index >= 15 is 0 Å². The van der Waals surface area contributed by atoms with E-state index in [9.17, 15) is 5.11 Å². The highest BCUT2D eigenvalue weighted by molar-refractivity contribution is 7.99. The van der Waals surface area contributed by atoms with Crippen LogP contribution in [-0.2, 0) is 0 Å². The molecular weight excluding hydrogens is 228 g/mol. The van der Waals surface area contributed by atoms with Crippen LogP contribution in [0.2, 0.25) is 5.02 Å². The fraction of sp³-hybridized carbons (Fsp3) is 0.500. The molecule has 1 nitrogen and oxygen atoms in total. The van der Waals surface area contributed by atoms with E-state index in [1.54, 1.807) is 0 Å². The third kappa shape index (κ3) is 2.68. The fourth-order valence-corrected chi connectivity index (χ4v) is 3.44. The number of benzene rings is 1. The Morgan fingerprint density at radius 3 is 2.93 bits per heavy atom. The molecule has 3 heteroatoms. The Labute approximate surface area is 99.8 Å². The standard InChI is InChI=1S/C12H15ClOS/c1-12(2,14)6-8-7-15-11-4-3-9(13)5-10(8)11/h3-5,8,14H,6-7H2,1-2H3. The van der Waals surface area contributed by atoms with E-state index in [2.05, 4.69) is 6.07 Å². The number of hydrogen-bond donors (Lipinski definition) is 1. The molecule has 0 bridgehead atoms. The van der Waals surface area contributed by atoms with Gasteiger partial charge in [0.05, 0.1) is 5.60 Å². The molecule has 1 atom stereocenters. The molecule has 0 fully saturated rings. The Morgan fingerprint density at radius 1 is 1.53 bits per heavy atom. The number of thioether (sulfide) groups is 1. The minimum atomic E-state index is -0.602. The summed E-state index contributed by atoms with van der Waals surface area (Å²) in [6.45, 7) is 3.72. The minimum absolute atomic E-state index is 0.434. The van der Waals surface area contributed by atoms with Gasteiger partial charge in [0.1, 0.15) is 0 Å². The molecule has 0 saturated carbocycles. The second kappa shape index (κ2) is 4.00. The van der Waals surface area contributed by atoms with Crippen molar-refractivity contribution in [1.82, 2.24) is 0 Å². The van der Waals surface area contributed by atoms with Crippen LogP contribution in [0.1, 0.15) is 31.7 Å². The van der Waals surface area contributed by atoms with Gasteiger partial charge in [0.25, 0.3) is 0 Å². The first-order valence-corrected chi connectivity index (χ1v) is 6.47. The van der Waals surface area contributed by atoms with Crippen LogP contribution in [-0.4, -0.2) is 16.5 Å². The molecule has 0 radical (unpaired) electrons. The van der Waals surface area contributed by atoms with Crippen molar-refractivity contribution in [3.8, 4) is 0 Å². The number of aliphatic hydroxyl groups is 1. The Hall–Kier alpha value is -0.180. The molecule has 82 valence electrons. The van der Waals surface area contributed by atoms with Gasteiger partial charge in [-0.1, -0.05) is 11.6 Å². The van der Waals surface area contributed by atoms with E-state index in [1.807, 2.05) is 37.7 Å². The second-order valence-corrected chi connectivity index (χ2v) is 6.20. The first-order valence-electron chi connectivity index (χ1n) is 5.10. The summed E-state index contributed by atoms with van der Waals surface area (Å²) < 4.78 is 0. The molecule has 1 aromatic carbocycles. The minimum Gasteiger partial charge on any atom is -0.390 e. The molecule has 0 aliphatic carbocycles. The lowest BCUT2D eigenvalue weighted by Crippen LogP contribution is -2.22. The molecule has 0 amide bonds. The van der Waals surface area contributed by atoms with E-state index in [0.29, 0.717) is 5.92 Å². The van der Waals surface area contributed by atoms with Crippen molar-refractivity contribution in [2.75, 3.05) is 5.75 Å². The summed E-state index contributed by atoms with van der Waals surface area (Å²) >= 11 is 7.84. The molecule has 0 aromatic heterocycles. The maximum Gasteiger partial charge on any atom is 0.0597 e. The van der Waals surface area contributed by atoms with Crippen molar-refractivity contribution in [3.05, 3.63) is 28.8 Å². The van der Waals surface area contributed by atoms with Gasteiger partial charge in [0.15, 0.2) is 0 Å². The summed E-state index contributed by atoms with van der Waals surface area (Å²) in [5.74, 6) is 1.49. The second-order valence-electron chi connectivity index (χ2n) is 4.71. The summed E-state index contributed by atoms with van der Waals surface area (Å²) in [5.41, 5.74) is 0.699. The molecule has 1 aliphatic rings. The van der Waals surface area contributed by atoms with Crippen molar-refractivity contribution < 1.29 is 5.11 Å². The molecule has 1 aliphatic heterocycles. The van der Waals surface area contributed by atoms with Crippen molar-refractivity contribution in [1.29, 1.82) is 0 Å². The first-order chi connectivity index (χ1) is 6.96. The van der Waals surface area contributed by atoms with Gasteiger partial charge < -0.3 is 5.11 Å². The predicted molar refractivity (Wildman–Crippen MR) is 65.8 cm³/mol. The maximum absolute atomic E-state index is 9.83. The maximum atomic E-state index is 9.83. The number of halogens is 1. The highest BCUT2D eigenvalue weighted by Crippen LogP contribution is 2.43. The van der Waals surface area contributed by atoms with Crippen molar-refractivity contribution >= 4 is 23.4 Å². The Bertz CT molecular complexity index is 370. The topological polar surface area (TPSA) is 20.2 Å². The van der Waals surface area contributed by atoms with Crippen LogP contribution >= 0.6 is 23.4 Å². The lowest BCUT2D eigenvalue weighted by atomic mass is 9.89. The van der Waals surface area contributed by atoms with Crippen LogP contribution < -0.4 is 0 Å². The van der Waals surface area contributed by atoms with E-state index in [4.69, 9.17) is 11.6 Å². The summed E-state index contributed by atoms with van der Waals surface area (Å²) in [7, 11) is 0. The summed E-state index contributed by atoms with van der Waals surface area (Å²) in [6, 6.07) is 6.04. The van der Waals surface area contributed by atoms with Crippen LogP contribution in [0.15, 0.2) is 23.1 Å². The molecule has 2 rings (SSSR count). The highest BCUT2D eigenvalue weighted by Gasteiger charge is 2.28. The van der Waals surface area contributed by atoms with Crippen molar-refractivity contribution in [2.24, 2.45) is 0 Å². The van der Waals surface area contributed by atoms with E-state index in [0.717, 1.165) is 17.2 Å². The average molecular weight is 243 g/mol. The first kappa shape index (κ1) is 11.3. The Balaban J connectivity index is 2.24. The summed E-state index contributed by atoms with van der Waals surface area (Å²) in [6.07, 6.45) is 0.799. The van der Waals surface area contributed by atoms with Gasteiger partial charge >= 0.3 is 0 Å². The quantitative estimate of drug-likeness (QED) is 0.854. The zero-order valence-electron chi connectivity index (χ0n) is 8.96. The van der Waals surface area contributed by atoms with Crippen LogP contribution in [0.3, 0.4) is 0 Å². The van der Waals surface area contributed by atoms with Crippen LogP contribution in [0, 0.1) is 0 Å². The number of rotatable bonds is 2. The molecule has 1 aromatic rings. The van der Waals surface area contributed by atoms with Crippen LogP contribution in [0.25, 0.3) is 0 Å². The van der Waals surface area contributed by atoms with Gasteiger partial charge in [-0.2, -0.15) is 0 Å². The predicted octanol–water partition coefficient (Wildman–Crippen LogP) is 3.69. The number of fused-ring (bicyclic) bond motifs is 1. The zero-order chi connectivity index (χ0) is 11.1. The molecule has 0 spiro atoms. The molecule has 1 unspecified atom stereocenters. The molecule has 1 N–H and O–H groups in total. The molecule has 0 saturated heterocycles. The largest absolute Gasteiger partial charge is 0.390 e. The van der Waals surface area contributed by atoms with E-state index in [-0.39, 0.29) is 0 Å². The fourth-order valence-electron chi connectivity index (χ4n) is 2.02. The van der Waals surface area contributed by atoms with Gasteiger partial charge in [0.2, 0.25) is 0 Å². The summed E-state index contributed by atoms with van der Waals surface area (Å²) in [4.78, 5) is 1.31. The van der Waals surface area contributed by atoms with Gasteiger partial charge in [-0.3, -0.25) is 0 Å². The summed E-state index contributed by atoms with van der Waals surface area (Å²) in [5, 5.41) is 10.6. The van der Waals surface area contributed by atoms with Crippen molar-refractivity contribution in [3.63, 3.8) is 0 Å². The van der Waals surface area contributed by atoms with E-state index in [1.165, 1.54) is 10.5 Å². The molecule has 15 heavy (non-hydrogen) atoms.